The van der Waals surface area contributed by atoms with Gasteiger partial charge in [-0.2, -0.15) is 8.78 Å². The molecular weight excluding hydrogens is 368 g/mol. The first-order valence-electron chi connectivity index (χ1n) is 10.6. The molecule has 3 rings (SSSR count). The number of piperazine rings is 1. The highest BCUT2D eigenvalue weighted by atomic mass is 19.3. The van der Waals surface area contributed by atoms with Gasteiger partial charge in [-0.15, -0.1) is 0 Å². The summed E-state index contributed by atoms with van der Waals surface area (Å²) < 4.78 is 27.3. The van der Waals surface area contributed by atoms with Gasteiger partial charge in [-0.1, -0.05) is 38.1 Å². The van der Waals surface area contributed by atoms with Crippen LogP contribution in [0.5, 0.6) is 0 Å². The number of hydrogen-bond donors (Lipinski definition) is 0. The lowest BCUT2D eigenvalue weighted by molar-refractivity contribution is 0.0124. The Hall–Kier alpha value is -1.85. The molecule has 1 fully saturated rings. The molecule has 1 aromatic heterocycles. The number of nitrogens with zero attached hydrogens (tertiary/aromatic N) is 3. The highest BCUT2D eigenvalue weighted by Gasteiger charge is 2.32. The molecule has 29 heavy (non-hydrogen) atoms. The summed E-state index contributed by atoms with van der Waals surface area (Å²) in [4.78, 5) is 8.80. The third kappa shape index (κ3) is 5.20. The van der Waals surface area contributed by atoms with Gasteiger partial charge in [0.05, 0.1) is 0 Å². The SMILES string of the molecule is CC(C)c1ccccc1C1CN(Cc2ccnc(C(C)(F)F)c2)CCN1C(C)C. The average molecular weight is 402 g/mol. The molecule has 5 heteroatoms. The van der Waals surface area contributed by atoms with Crippen molar-refractivity contribution in [1.82, 2.24) is 14.8 Å². The number of alkyl halides is 2. The maximum absolute atomic E-state index is 13.7. The minimum absolute atomic E-state index is 0.155. The summed E-state index contributed by atoms with van der Waals surface area (Å²) in [6, 6.07) is 12.9. The average Bonchev–Trinajstić information content (AvgIpc) is 2.67. The van der Waals surface area contributed by atoms with Gasteiger partial charge in [0.15, 0.2) is 0 Å². The normalized spacial score (nSPS) is 19.3. The van der Waals surface area contributed by atoms with Crippen molar-refractivity contribution in [3.63, 3.8) is 0 Å². The monoisotopic (exact) mass is 401 g/mol. The summed E-state index contributed by atoms with van der Waals surface area (Å²) in [5.41, 5.74) is 3.51. The number of pyridine rings is 1. The van der Waals surface area contributed by atoms with E-state index in [1.54, 1.807) is 6.07 Å². The van der Waals surface area contributed by atoms with Crippen LogP contribution in [-0.2, 0) is 12.5 Å². The molecular formula is C24H33F2N3. The molecule has 1 atom stereocenters. The van der Waals surface area contributed by atoms with Crippen LogP contribution in [0.15, 0.2) is 42.6 Å². The van der Waals surface area contributed by atoms with Gasteiger partial charge in [0.25, 0.3) is 5.92 Å². The van der Waals surface area contributed by atoms with Crippen molar-refractivity contribution < 1.29 is 8.78 Å². The Bertz CT molecular complexity index is 814. The Kier molecular flexibility index (Phi) is 6.69. The van der Waals surface area contributed by atoms with Crippen molar-refractivity contribution in [2.24, 2.45) is 0 Å². The number of rotatable bonds is 6. The highest BCUT2D eigenvalue weighted by Crippen LogP contribution is 2.33. The maximum atomic E-state index is 13.7. The summed E-state index contributed by atoms with van der Waals surface area (Å²) in [5.74, 6) is -2.45. The van der Waals surface area contributed by atoms with Crippen LogP contribution >= 0.6 is 0 Å². The van der Waals surface area contributed by atoms with Crippen LogP contribution < -0.4 is 0 Å². The van der Waals surface area contributed by atoms with Gasteiger partial charge in [-0.05, 0) is 48.6 Å². The van der Waals surface area contributed by atoms with E-state index in [1.807, 2.05) is 6.07 Å². The number of benzene rings is 1. The summed E-state index contributed by atoms with van der Waals surface area (Å²) in [6.45, 7) is 13.3. The van der Waals surface area contributed by atoms with E-state index < -0.39 is 5.92 Å². The molecule has 0 amide bonds. The molecule has 0 aliphatic carbocycles. The lowest BCUT2D eigenvalue weighted by Crippen LogP contribution is -2.50. The summed E-state index contributed by atoms with van der Waals surface area (Å²) >= 11 is 0. The molecule has 1 aromatic carbocycles. The van der Waals surface area contributed by atoms with Gasteiger partial charge in [0.2, 0.25) is 0 Å². The minimum Gasteiger partial charge on any atom is -0.296 e. The van der Waals surface area contributed by atoms with E-state index in [0.717, 1.165) is 32.1 Å². The van der Waals surface area contributed by atoms with Crippen LogP contribution in [0.25, 0.3) is 0 Å². The first-order chi connectivity index (χ1) is 13.7. The summed E-state index contributed by atoms with van der Waals surface area (Å²) in [5, 5.41) is 0. The fourth-order valence-corrected chi connectivity index (χ4v) is 4.30. The van der Waals surface area contributed by atoms with E-state index in [4.69, 9.17) is 0 Å². The van der Waals surface area contributed by atoms with Crippen molar-refractivity contribution in [1.29, 1.82) is 0 Å². The van der Waals surface area contributed by atoms with Crippen molar-refractivity contribution in [3.05, 3.63) is 65.0 Å². The fourth-order valence-electron chi connectivity index (χ4n) is 4.30. The molecule has 2 heterocycles. The Labute approximate surface area is 173 Å². The number of aromatic nitrogens is 1. The molecule has 1 unspecified atom stereocenters. The predicted molar refractivity (Wildman–Crippen MR) is 114 cm³/mol. The van der Waals surface area contributed by atoms with Crippen LogP contribution in [0.2, 0.25) is 0 Å². The third-order valence-corrected chi connectivity index (χ3v) is 5.83. The Morgan fingerprint density at radius 1 is 1.10 bits per heavy atom. The number of hydrogen-bond acceptors (Lipinski definition) is 3. The van der Waals surface area contributed by atoms with E-state index >= 15 is 0 Å². The Morgan fingerprint density at radius 3 is 2.48 bits per heavy atom. The largest absolute Gasteiger partial charge is 0.296 e. The van der Waals surface area contributed by atoms with Gasteiger partial charge < -0.3 is 0 Å². The molecule has 1 aliphatic rings. The smallest absolute Gasteiger partial charge is 0.286 e. The van der Waals surface area contributed by atoms with Crippen LogP contribution in [-0.4, -0.2) is 40.5 Å². The van der Waals surface area contributed by atoms with Crippen LogP contribution in [0, 0.1) is 0 Å². The van der Waals surface area contributed by atoms with Gasteiger partial charge in [-0.25, -0.2) is 0 Å². The van der Waals surface area contributed by atoms with Crippen LogP contribution in [0.4, 0.5) is 8.78 Å². The van der Waals surface area contributed by atoms with Crippen molar-refractivity contribution in [2.45, 2.75) is 65.1 Å². The lowest BCUT2D eigenvalue weighted by atomic mass is 9.90. The summed E-state index contributed by atoms with van der Waals surface area (Å²) in [7, 11) is 0. The van der Waals surface area contributed by atoms with Gasteiger partial charge in [0, 0.05) is 51.4 Å². The Morgan fingerprint density at radius 2 is 1.83 bits per heavy atom. The van der Waals surface area contributed by atoms with E-state index in [9.17, 15) is 8.78 Å². The van der Waals surface area contributed by atoms with Crippen molar-refractivity contribution in [2.75, 3.05) is 19.6 Å². The molecule has 0 spiro atoms. The zero-order chi connectivity index (χ0) is 21.2. The van der Waals surface area contributed by atoms with Crippen LogP contribution in [0.3, 0.4) is 0 Å². The van der Waals surface area contributed by atoms with E-state index in [1.165, 1.54) is 17.3 Å². The molecule has 158 valence electrons. The second kappa shape index (κ2) is 8.88. The standard InChI is InChI=1S/C24H33F2N3/c1-17(2)20-8-6-7-9-21(20)22-16-28(12-13-29(22)18(3)4)15-19-10-11-27-23(14-19)24(5,25)26/h6-11,14,17-18,22H,12-13,15-16H2,1-5H3. The number of halogens is 2. The molecule has 0 bridgehead atoms. The first-order valence-corrected chi connectivity index (χ1v) is 10.6. The molecule has 1 aliphatic heterocycles. The zero-order valence-corrected chi connectivity index (χ0v) is 18.2. The van der Waals surface area contributed by atoms with Gasteiger partial charge in [0.1, 0.15) is 5.69 Å². The van der Waals surface area contributed by atoms with E-state index in [2.05, 4.69) is 66.7 Å². The summed E-state index contributed by atoms with van der Waals surface area (Å²) in [6.07, 6.45) is 1.50. The minimum atomic E-state index is -2.91. The third-order valence-electron chi connectivity index (χ3n) is 5.83. The topological polar surface area (TPSA) is 19.4 Å². The van der Waals surface area contributed by atoms with Crippen molar-refractivity contribution in [3.8, 4) is 0 Å². The molecule has 2 aromatic rings. The quantitative estimate of drug-likeness (QED) is 0.629. The highest BCUT2D eigenvalue weighted by molar-refractivity contribution is 5.33. The second-order valence-electron chi connectivity index (χ2n) is 8.80. The fraction of sp³-hybridized carbons (Fsp3) is 0.542. The van der Waals surface area contributed by atoms with Gasteiger partial charge >= 0.3 is 0 Å². The predicted octanol–water partition coefficient (Wildman–Crippen LogP) is 5.58. The van der Waals surface area contributed by atoms with E-state index in [0.29, 0.717) is 24.5 Å². The molecule has 0 radical (unpaired) electrons. The lowest BCUT2D eigenvalue weighted by Gasteiger charge is -2.44. The molecule has 0 N–H and O–H groups in total. The molecule has 3 nitrogen and oxygen atoms in total. The second-order valence-corrected chi connectivity index (χ2v) is 8.80. The van der Waals surface area contributed by atoms with Gasteiger partial charge in [-0.3, -0.25) is 14.8 Å². The molecule has 0 saturated carbocycles. The zero-order valence-electron chi connectivity index (χ0n) is 18.2. The van der Waals surface area contributed by atoms with E-state index in [-0.39, 0.29) is 5.69 Å². The Balaban J connectivity index is 1.84. The first kappa shape index (κ1) is 21.8. The molecule has 1 saturated heterocycles. The maximum Gasteiger partial charge on any atom is 0.286 e. The van der Waals surface area contributed by atoms with Crippen molar-refractivity contribution >= 4 is 0 Å². The van der Waals surface area contributed by atoms with Crippen LogP contribution in [0.1, 0.15) is 69.0 Å².